The first-order valence-electron chi connectivity index (χ1n) is 3.87. The highest BCUT2D eigenvalue weighted by atomic mass is 35.5. The number of hydrogen-bond donors (Lipinski definition) is 0. The average molecular weight is 208 g/mol. The van der Waals surface area contributed by atoms with E-state index >= 15 is 0 Å². The fourth-order valence-corrected chi connectivity index (χ4v) is 1.33. The third-order valence-corrected chi connectivity index (χ3v) is 1.92. The quantitative estimate of drug-likeness (QED) is 0.554. The van der Waals surface area contributed by atoms with Gasteiger partial charge >= 0.3 is 0 Å². The van der Waals surface area contributed by atoms with Crippen molar-refractivity contribution in [3.05, 3.63) is 30.5 Å². The van der Waals surface area contributed by atoms with Crippen molar-refractivity contribution in [2.24, 2.45) is 0 Å². The van der Waals surface area contributed by atoms with Crippen LogP contribution in [-0.4, -0.2) is 25.0 Å². The molecule has 1 aromatic carbocycles. The van der Waals surface area contributed by atoms with E-state index in [0.717, 1.165) is 11.0 Å². The van der Waals surface area contributed by atoms with E-state index in [0.29, 0.717) is 5.65 Å². The van der Waals surface area contributed by atoms with Gasteiger partial charge in [0, 0.05) is 0 Å². The molecule has 5 nitrogen and oxygen atoms in total. The lowest BCUT2D eigenvalue weighted by Crippen LogP contribution is -1.91. The maximum absolute atomic E-state index is 4.22. The van der Waals surface area contributed by atoms with Gasteiger partial charge in [0.1, 0.15) is 0 Å². The van der Waals surface area contributed by atoms with Crippen molar-refractivity contribution in [1.82, 2.24) is 25.0 Å². The summed E-state index contributed by atoms with van der Waals surface area (Å²) in [6, 6.07) is 7.73. The Morgan fingerprint density at radius 1 is 1.14 bits per heavy atom. The number of aromatic nitrogens is 5. The highest BCUT2D eigenvalue weighted by Crippen LogP contribution is 2.10. The smallest absolute Gasteiger partial charge is 0.198 e. The predicted octanol–water partition coefficient (Wildman–Crippen LogP) is 1.09. The zero-order chi connectivity index (χ0) is 8.67. The molecule has 0 radical (unpaired) electrons. The molecule has 0 fully saturated rings. The SMILES string of the molecule is Cl.c1ccc2c(c1)ncc1nnnn12. The molecular formula is C8H6ClN5. The van der Waals surface area contributed by atoms with Gasteiger partial charge in [-0.1, -0.05) is 12.1 Å². The molecule has 3 rings (SSSR count). The van der Waals surface area contributed by atoms with E-state index in [1.807, 2.05) is 24.3 Å². The Hall–Kier alpha value is -1.75. The highest BCUT2D eigenvalue weighted by Gasteiger charge is 2.01. The van der Waals surface area contributed by atoms with Crippen LogP contribution in [0, 0.1) is 0 Å². The van der Waals surface area contributed by atoms with E-state index in [2.05, 4.69) is 20.5 Å². The number of hydrogen-bond acceptors (Lipinski definition) is 4. The van der Waals surface area contributed by atoms with Crippen LogP contribution < -0.4 is 0 Å². The van der Waals surface area contributed by atoms with Crippen molar-refractivity contribution in [3.63, 3.8) is 0 Å². The molecule has 2 aromatic heterocycles. The fourth-order valence-electron chi connectivity index (χ4n) is 1.33. The van der Waals surface area contributed by atoms with Crippen LogP contribution >= 0.6 is 12.4 Å². The summed E-state index contributed by atoms with van der Waals surface area (Å²) in [6.07, 6.45) is 1.66. The van der Waals surface area contributed by atoms with Crippen molar-refractivity contribution in [2.45, 2.75) is 0 Å². The number of benzene rings is 1. The molecule has 0 atom stereocenters. The number of tetrazole rings is 1. The molecule has 0 aliphatic rings. The molecule has 3 aromatic rings. The molecule has 0 saturated carbocycles. The number of halogens is 1. The first kappa shape index (κ1) is 8.83. The molecule has 70 valence electrons. The van der Waals surface area contributed by atoms with Gasteiger partial charge in [0.2, 0.25) is 0 Å². The monoisotopic (exact) mass is 207 g/mol. The molecule has 2 heterocycles. The fraction of sp³-hybridized carbons (Fsp3) is 0. The van der Waals surface area contributed by atoms with E-state index in [4.69, 9.17) is 0 Å². The van der Waals surface area contributed by atoms with Crippen LogP contribution in [0.5, 0.6) is 0 Å². The molecule has 0 spiro atoms. The summed E-state index contributed by atoms with van der Waals surface area (Å²) in [7, 11) is 0. The lowest BCUT2D eigenvalue weighted by molar-refractivity contribution is 0.840. The second-order valence-corrected chi connectivity index (χ2v) is 2.70. The Balaban J connectivity index is 0.000000750. The normalized spacial score (nSPS) is 10.3. The van der Waals surface area contributed by atoms with Gasteiger partial charge in [0.05, 0.1) is 17.2 Å². The van der Waals surface area contributed by atoms with E-state index < -0.39 is 0 Å². The van der Waals surface area contributed by atoms with Crippen LogP contribution in [0.1, 0.15) is 0 Å². The summed E-state index contributed by atoms with van der Waals surface area (Å²) in [4.78, 5) is 4.22. The first-order chi connectivity index (χ1) is 6.45. The number of nitrogens with zero attached hydrogens (tertiary/aromatic N) is 5. The van der Waals surface area contributed by atoms with Crippen LogP contribution in [0.4, 0.5) is 0 Å². The van der Waals surface area contributed by atoms with Gasteiger partial charge in [0.25, 0.3) is 0 Å². The van der Waals surface area contributed by atoms with Crippen molar-refractivity contribution in [1.29, 1.82) is 0 Å². The predicted molar refractivity (Wildman–Crippen MR) is 53.3 cm³/mol. The second-order valence-electron chi connectivity index (χ2n) is 2.70. The molecule has 0 saturated heterocycles. The number of fused-ring (bicyclic) bond motifs is 3. The van der Waals surface area contributed by atoms with E-state index in [1.165, 1.54) is 0 Å². The Morgan fingerprint density at radius 2 is 2.00 bits per heavy atom. The topological polar surface area (TPSA) is 56.0 Å². The lowest BCUT2D eigenvalue weighted by Gasteiger charge is -1.96. The summed E-state index contributed by atoms with van der Waals surface area (Å²) in [5.41, 5.74) is 2.48. The third kappa shape index (κ3) is 1.10. The Labute approximate surface area is 85.2 Å². The minimum absolute atomic E-state index is 0. The molecule has 6 heteroatoms. The van der Waals surface area contributed by atoms with Crippen molar-refractivity contribution < 1.29 is 0 Å². The molecule has 0 aliphatic carbocycles. The van der Waals surface area contributed by atoms with Crippen LogP contribution in [0.2, 0.25) is 0 Å². The van der Waals surface area contributed by atoms with Gasteiger partial charge in [-0.15, -0.1) is 17.5 Å². The minimum Gasteiger partial charge on any atom is -0.251 e. The zero-order valence-corrected chi connectivity index (χ0v) is 7.85. The molecule has 0 aliphatic heterocycles. The number of rotatable bonds is 0. The molecule has 14 heavy (non-hydrogen) atoms. The van der Waals surface area contributed by atoms with E-state index in [9.17, 15) is 0 Å². The highest BCUT2D eigenvalue weighted by molar-refractivity contribution is 5.85. The second kappa shape index (κ2) is 3.19. The first-order valence-corrected chi connectivity index (χ1v) is 3.87. The summed E-state index contributed by atoms with van der Waals surface area (Å²) < 4.78 is 1.67. The van der Waals surface area contributed by atoms with Gasteiger partial charge in [-0.25, -0.2) is 0 Å². The van der Waals surface area contributed by atoms with Crippen molar-refractivity contribution >= 4 is 29.1 Å². The van der Waals surface area contributed by atoms with Gasteiger partial charge in [-0.3, -0.25) is 4.98 Å². The lowest BCUT2D eigenvalue weighted by atomic mass is 10.3. The summed E-state index contributed by atoms with van der Waals surface area (Å²) in [6.45, 7) is 0. The summed E-state index contributed by atoms with van der Waals surface area (Å²) in [5.74, 6) is 0. The van der Waals surface area contributed by atoms with E-state index in [-0.39, 0.29) is 12.4 Å². The zero-order valence-electron chi connectivity index (χ0n) is 7.03. The van der Waals surface area contributed by atoms with Crippen molar-refractivity contribution in [2.75, 3.05) is 0 Å². The van der Waals surface area contributed by atoms with Gasteiger partial charge in [-0.05, 0) is 22.6 Å². The van der Waals surface area contributed by atoms with Gasteiger partial charge < -0.3 is 0 Å². The van der Waals surface area contributed by atoms with E-state index in [1.54, 1.807) is 10.7 Å². The maximum Gasteiger partial charge on any atom is 0.198 e. The molecule has 0 amide bonds. The Morgan fingerprint density at radius 3 is 2.93 bits per heavy atom. The molecule has 0 unspecified atom stereocenters. The molecular weight excluding hydrogens is 202 g/mol. The van der Waals surface area contributed by atoms with Gasteiger partial charge in [-0.2, -0.15) is 4.52 Å². The third-order valence-electron chi connectivity index (χ3n) is 1.92. The van der Waals surface area contributed by atoms with Crippen molar-refractivity contribution in [3.8, 4) is 0 Å². The van der Waals surface area contributed by atoms with Crippen LogP contribution in [0.25, 0.3) is 16.7 Å². The van der Waals surface area contributed by atoms with Crippen LogP contribution in [-0.2, 0) is 0 Å². The number of para-hydroxylation sites is 2. The Kier molecular flexibility index (Phi) is 2.01. The Bertz CT molecular complexity index is 576. The molecule has 0 bridgehead atoms. The largest absolute Gasteiger partial charge is 0.251 e. The average Bonchev–Trinajstić information content (AvgIpc) is 2.65. The summed E-state index contributed by atoms with van der Waals surface area (Å²) in [5, 5.41) is 11.2. The maximum atomic E-state index is 4.22. The minimum atomic E-state index is 0. The summed E-state index contributed by atoms with van der Waals surface area (Å²) >= 11 is 0. The standard InChI is InChI=1S/C8H5N5.ClH/c1-2-4-7-6(3-1)9-5-8-10-11-12-13(7)8;/h1-5H;1H. The van der Waals surface area contributed by atoms with Crippen LogP contribution in [0.15, 0.2) is 30.5 Å². The van der Waals surface area contributed by atoms with Gasteiger partial charge in [0.15, 0.2) is 5.65 Å². The molecule has 0 N–H and O–H groups in total. The van der Waals surface area contributed by atoms with Crippen LogP contribution in [0.3, 0.4) is 0 Å².